The van der Waals surface area contributed by atoms with Crippen molar-refractivity contribution in [1.29, 1.82) is 0 Å². The van der Waals surface area contributed by atoms with E-state index in [1.54, 1.807) is 6.07 Å². The van der Waals surface area contributed by atoms with Gasteiger partial charge in [0.25, 0.3) is 0 Å². The van der Waals surface area contributed by atoms with Crippen molar-refractivity contribution in [3.8, 4) is 0 Å². The van der Waals surface area contributed by atoms with Gasteiger partial charge in [0.15, 0.2) is 0 Å². The highest BCUT2D eigenvalue weighted by atomic mass is 79.9. The van der Waals surface area contributed by atoms with Gasteiger partial charge in [-0.15, -0.1) is 0 Å². The molecule has 4 N–H and O–H groups in total. The summed E-state index contributed by atoms with van der Waals surface area (Å²) in [6.07, 6.45) is 0. The van der Waals surface area contributed by atoms with Crippen molar-refractivity contribution in [2.75, 3.05) is 5.73 Å². The van der Waals surface area contributed by atoms with Crippen LogP contribution < -0.4 is 5.73 Å². The van der Waals surface area contributed by atoms with E-state index in [0.29, 0.717) is 5.52 Å². The Kier molecular flexibility index (Phi) is 1.96. The van der Waals surface area contributed by atoms with Gasteiger partial charge in [0, 0.05) is 9.86 Å². The number of hydrogen-bond acceptors (Lipinski definition) is 2. The summed E-state index contributed by atoms with van der Waals surface area (Å²) in [6.45, 7) is 0. The third-order valence-corrected chi connectivity index (χ3v) is 2.70. The Morgan fingerprint density at radius 3 is 2.79 bits per heavy atom. The number of carboxylic acid groups (broad SMARTS) is 1. The molecule has 0 unspecified atom stereocenters. The van der Waals surface area contributed by atoms with Crippen LogP contribution in [0, 0.1) is 0 Å². The summed E-state index contributed by atoms with van der Waals surface area (Å²) in [5, 5.41) is 9.55. The first-order valence-corrected chi connectivity index (χ1v) is 4.69. The smallest absolute Gasteiger partial charge is 0.354 e. The number of carboxylic acids is 1. The molecule has 2 rings (SSSR count). The SMILES string of the molecule is Nc1c(C(=O)O)[nH]c2c(Br)cccc12. The Morgan fingerprint density at radius 1 is 1.50 bits per heavy atom. The van der Waals surface area contributed by atoms with Crippen molar-refractivity contribution in [3.63, 3.8) is 0 Å². The van der Waals surface area contributed by atoms with Gasteiger partial charge in [-0.2, -0.15) is 0 Å². The molecule has 0 amide bonds. The molecule has 2 aromatic rings. The molecule has 1 aromatic heterocycles. The zero-order chi connectivity index (χ0) is 10.3. The molecule has 0 bridgehead atoms. The van der Waals surface area contributed by atoms with E-state index in [9.17, 15) is 4.79 Å². The van der Waals surface area contributed by atoms with Crippen LogP contribution in [0.25, 0.3) is 10.9 Å². The summed E-state index contributed by atoms with van der Waals surface area (Å²) in [5.41, 5.74) is 6.69. The number of para-hydroxylation sites is 1. The molecule has 14 heavy (non-hydrogen) atoms. The number of rotatable bonds is 1. The molecule has 0 aliphatic rings. The number of nitrogen functional groups attached to an aromatic ring is 1. The van der Waals surface area contributed by atoms with Gasteiger partial charge in [-0.1, -0.05) is 12.1 Å². The number of anilines is 1. The second-order valence-corrected chi connectivity index (χ2v) is 3.74. The maximum atomic E-state index is 10.8. The Balaban J connectivity index is 2.86. The third-order valence-electron chi connectivity index (χ3n) is 2.04. The standard InChI is InChI=1S/C9H7BrN2O2/c10-5-3-1-2-4-6(11)8(9(13)14)12-7(4)5/h1-3,12H,11H2,(H,13,14). The van der Waals surface area contributed by atoms with Crippen LogP contribution in [0.4, 0.5) is 5.69 Å². The zero-order valence-electron chi connectivity index (χ0n) is 7.04. The van der Waals surface area contributed by atoms with E-state index in [2.05, 4.69) is 20.9 Å². The fourth-order valence-corrected chi connectivity index (χ4v) is 1.84. The number of carbonyl (C=O) groups is 1. The van der Waals surface area contributed by atoms with Gasteiger partial charge in [0.1, 0.15) is 5.69 Å². The highest BCUT2D eigenvalue weighted by Gasteiger charge is 2.15. The van der Waals surface area contributed by atoms with Crippen LogP contribution in [0.15, 0.2) is 22.7 Å². The largest absolute Gasteiger partial charge is 0.477 e. The molecule has 0 aliphatic heterocycles. The summed E-state index contributed by atoms with van der Waals surface area (Å²) >= 11 is 3.31. The first-order valence-electron chi connectivity index (χ1n) is 3.90. The van der Waals surface area contributed by atoms with E-state index in [4.69, 9.17) is 10.8 Å². The highest BCUT2D eigenvalue weighted by Crippen LogP contribution is 2.29. The molecule has 72 valence electrons. The Morgan fingerprint density at radius 2 is 2.21 bits per heavy atom. The fraction of sp³-hybridized carbons (Fsp3) is 0. The van der Waals surface area contributed by atoms with Crippen LogP contribution >= 0.6 is 15.9 Å². The molecule has 0 radical (unpaired) electrons. The monoisotopic (exact) mass is 254 g/mol. The van der Waals surface area contributed by atoms with Crippen molar-refractivity contribution in [2.45, 2.75) is 0 Å². The van der Waals surface area contributed by atoms with Crippen LogP contribution in [0.2, 0.25) is 0 Å². The second-order valence-electron chi connectivity index (χ2n) is 2.88. The summed E-state index contributed by atoms with van der Waals surface area (Å²) in [6, 6.07) is 5.41. The lowest BCUT2D eigenvalue weighted by atomic mass is 10.2. The lowest BCUT2D eigenvalue weighted by Crippen LogP contribution is -2.00. The average molecular weight is 255 g/mol. The van der Waals surface area contributed by atoms with Gasteiger partial charge >= 0.3 is 5.97 Å². The number of aromatic carboxylic acids is 1. The summed E-state index contributed by atoms with van der Waals surface area (Å²) < 4.78 is 0.800. The fourth-order valence-electron chi connectivity index (χ4n) is 1.37. The van der Waals surface area contributed by atoms with Crippen molar-refractivity contribution < 1.29 is 9.90 Å². The molecule has 0 fully saturated rings. The minimum Gasteiger partial charge on any atom is -0.477 e. The number of aromatic amines is 1. The van der Waals surface area contributed by atoms with Crippen LogP contribution in [0.5, 0.6) is 0 Å². The number of H-pyrrole nitrogens is 1. The topological polar surface area (TPSA) is 79.1 Å². The highest BCUT2D eigenvalue weighted by molar-refractivity contribution is 9.10. The van der Waals surface area contributed by atoms with E-state index in [0.717, 1.165) is 9.86 Å². The number of halogens is 1. The van der Waals surface area contributed by atoms with Gasteiger partial charge in [-0.05, 0) is 22.0 Å². The van der Waals surface area contributed by atoms with Crippen LogP contribution in [0.1, 0.15) is 10.5 Å². The predicted molar refractivity (Wildman–Crippen MR) is 57.4 cm³/mol. The number of benzene rings is 1. The summed E-state index contributed by atoms with van der Waals surface area (Å²) in [7, 11) is 0. The Labute approximate surface area is 87.9 Å². The van der Waals surface area contributed by atoms with Crippen molar-refractivity contribution in [3.05, 3.63) is 28.4 Å². The molecule has 0 saturated carbocycles. The Hall–Kier alpha value is -1.49. The number of aromatic nitrogens is 1. The summed E-state index contributed by atoms with van der Waals surface area (Å²) in [4.78, 5) is 13.5. The Bertz CT molecular complexity index is 519. The first-order chi connectivity index (χ1) is 6.61. The number of fused-ring (bicyclic) bond motifs is 1. The van der Waals surface area contributed by atoms with E-state index < -0.39 is 5.97 Å². The predicted octanol–water partition coefficient (Wildman–Crippen LogP) is 2.21. The molecule has 5 heteroatoms. The quantitative estimate of drug-likeness (QED) is 0.730. The summed E-state index contributed by atoms with van der Waals surface area (Å²) in [5.74, 6) is -1.05. The van der Waals surface area contributed by atoms with Gasteiger partial charge in [-0.3, -0.25) is 0 Å². The van der Waals surface area contributed by atoms with Gasteiger partial charge in [0.2, 0.25) is 0 Å². The molecular weight excluding hydrogens is 248 g/mol. The van der Waals surface area contributed by atoms with E-state index in [1.165, 1.54) is 0 Å². The van der Waals surface area contributed by atoms with Crippen LogP contribution in [0.3, 0.4) is 0 Å². The van der Waals surface area contributed by atoms with Gasteiger partial charge in [-0.25, -0.2) is 4.79 Å². The molecule has 0 saturated heterocycles. The maximum Gasteiger partial charge on any atom is 0.354 e. The van der Waals surface area contributed by atoms with Crippen molar-refractivity contribution in [1.82, 2.24) is 4.98 Å². The van der Waals surface area contributed by atoms with Crippen LogP contribution in [-0.4, -0.2) is 16.1 Å². The molecule has 0 atom stereocenters. The third kappa shape index (κ3) is 1.17. The average Bonchev–Trinajstić information content (AvgIpc) is 2.46. The molecule has 1 heterocycles. The van der Waals surface area contributed by atoms with E-state index in [1.807, 2.05) is 12.1 Å². The minimum atomic E-state index is -1.05. The van der Waals surface area contributed by atoms with Crippen LogP contribution in [-0.2, 0) is 0 Å². The minimum absolute atomic E-state index is 0.0342. The second kappa shape index (κ2) is 3.02. The molecule has 0 spiro atoms. The maximum absolute atomic E-state index is 10.8. The lowest BCUT2D eigenvalue weighted by molar-refractivity contribution is 0.0692. The molecule has 0 aliphatic carbocycles. The number of nitrogens with one attached hydrogen (secondary N) is 1. The number of nitrogens with two attached hydrogens (primary N) is 1. The van der Waals surface area contributed by atoms with Crippen molar-refractivity contribution >= 4 is 38.5 Å². The van der Waals surface area contributed by atoms with E-state index >= 15 is 0 Å². The van der Waals surface area contributed by atoms with Gasteiger partial charge in [0.05, 0.1) is 11.2 Å². The molecular formula is C9H7BrN2O2. The van der Waals surface area contributed by atoms with Crippen molar-refractivity contribution in [2.24, 2.45) is 0 Å². The number of hydrogen-bond donors (Lipinski definition) is 3. The van der Waals surface area contributed by atoms with Gasteiger partial charge < -0.3 is 15.8 Å². The van der Waals surface area contributed by atoms with E-state index in [-0.39, 0.29) is 11.4 Å². The molecule has 4 nitrogen and oxygen atoms in total. The molecule has 1 aromatic carbocycles. The normalized spacial score (nSPS) is 10.6. The lowest BCUT2D eigenvalue weighted by Gasteiger charge is -1.92. The zero-order valence-corrected chi connectivity index (χ0v) is 8.63. The first kappa shape index (κ1) is 9.08.